The fourth-order valence-corrected chi connectivity index (χ4v) is 10.2. The molecule has 0 aromatic heterocycles. The van der Waals surface area contributed by atoms with Crippen molar-refractivity contribution in [2.75, 3.05) is 6.61 Å². The van der Waals surface area contributed by atoms with E-state index in [4.69, 9.17) is 19.3 Å². The average molecular weight is 711 g/mol. The lowest BCUT2D eigenvalue weighted by Gasteiger charge is -2.59. The van der Waals surface area contributed by atoms with Gasteiger partial charge in [0, 0.05) is 23.2 Å². The Kier molecular flexibility index (Phi) is 9.65. The highest BCUT2D eigenvalue weighted by atomic mass is 16.7. The number of benzene rings is 2. The zero-order chi connectivity index (χ0) is 36.8. The third-order valence-electron chi connectivity index (χ3n) is 12.6. The maximum atomic E-state index is 14.5. The van der Waals surface area contributed by atoms with E-state index in [0.717, 1.165) is 30.4 Å². The number of hydrogen-bond donors (Lipinski definition) is 2. The summed E-state index contributed by atoms with van der Waals surface area (Å²) in [6.45, 7) is 5.74. The number of rotatable bonds is 11. The molecule has 2 aromatic carbocycles. The average Bonchev–Trinajstić information content (AvgIpc) is 3.61. The molecule has 11 heteroatoms. The molecule has 5 aliphatic rings. The number of aryl methyl sites for hydroxylation is 1. The van der Waals surface area contributed by atoms with Gasteiger partial charge in [-0.05, 0) is 98.4 Å². The smallest absolute Gasteiger partial charge is 0.335 e. The molecule has 9 atom stereocenters. The zero-order valence-electron chi connectivity index (χ0n) is 29.8. The summed E-state index contributed by atoms with van der Waals surface area (Å²) in [5.41, 5.74) is 0.455. The molecule has 52 heavy (non-hydrogen) atoms. The number of carbonyl (C=O) groups excluding carboxylic acids is 3. The highest BCUT2D eigenvalue weighted by Gasteiger charge is 2.75. The first kappa shape index (κ1) is 36.1. The Hall–Kier alpha value is -4.32. The van der Waals surface area contributed by atoms with Crippen molar-refractivity contribution in [3.05, 3.63) is 83.5 Å². The first-order valence-corrected chi connectivity index (χ1v) is 18.4. The van der Waals surface area contributed by atoms with Crippen LogP contribution in [0, 0.1) is 28.6 Å². The molecule has 0 bridgehead atoms. The summed E-state index contributed by atoms with van der Waals surface area (Å²) in [5, 5.41) is 29.6. The summed E-state index contributed by atoms with van der Waals surface area (Å²) in [4.78, 5) is 51.0. The van der Waals surface area contributed by atoms with Gasteiger partial charge in [0.1, 0.15) is 0 Å². The lowest BCUT2D eigenvalue weighted by atomic mass is 9.46. The Balaban J connectivity index is 1.05. The van der Waals surface area contributed by atoms with Crippen LogP contribution in [-0.2, 0) is 35.0 Å². The molecule has 1 aliphatic heterocycles. The van der Waals surface area contributed by atoms with Crippen LogP contribution in [0.1, 0.15) is 81.6 Å². The fourth-order valence-electron chi connectivity index (χ4n) is 10.2. The van der Waals surface area contributed by atoms with Crippen LogP contribution in [0.25, 0.3) is 0 Å². The molecule has 4 fully saturated rings. The van der Waals surface area contributed by atoms with E-state index in [0.29, 0.717) is 37.1 Å². The maximum absolute atomic E-state index is 14.5. The number of ketones is 2. The number of aliphatic hydroxyl groups excluding tert-OH is 1. The Labute approximate surface area is 303 Å². The van der Waals surface area contributed by atoms with Gasteiger partial charge in [-0.25, -0.2) is 4.79 Å². The number of hydrogen-bond acceptors (Lipinski definition) is 10. The number of Topliss-reactive ketones (excluding diaryl/α,β-unsaturated/α-hetero) is 1. The van der Waals surface area contributed by atoms with Gasteiger partial charge in [0.2, 0.25) is 5.78 Å². The molecule has 2 aromatic rings. The van der Waals surface area contributed by atoms with Crippen molar-refractivity contribution < 1.29 is 43.6 Å². The Morgan fingerprint density at radius 3 is 2.58 bits per heavy atom. The number of fused-ring (bicyclic) bond motifs is 7. The molecule has 7 rings (SSSR count). The molecule has 0 radical (unpaired) electrons. The van der Waals surface area contributed by atoms with Crippen molar-refractivity contribution in [1.82, 2.24) is 0 Å². The highest BCUT2D eigenvalue weighted by Crippen LogP contribution is 2.69. The Morgan fingerprint density at radius 2 is 1.83 bits per heavy atom. The summed E-state index contributed by atoms with van der Waals surface area (Å²) in [7, 11) is 0. The van der Waals surface area contributed by atoms with E-state index in [1.807, 2.05) is 31.2 Å². The number of nitrogens with zero attached hydrogens (tertiary/aromatic N) is 2. The fraction of sp³-hybridized carbons (Fsp3) is 0.512. The van der Waals surface area contributed by atoms with Gasteiger partial charge in [-0.15, -0.1) is 0 Å². The topological polar surface area (TPSA) is 161 Å². The number of carboxylic acid groups (broad SMARTS) is 1. The second-order valence-corrected chi connectivity index (χ2v) is 15.4. The van der Waals surface area contributed by atoms with Crippen molar-refractivity contribution in [1.29, 1.82) is 0 Å². The predicted octanol–water partition coefficient (Wildman–Crippen LogP) is 7.01. The summed E-state index contributed by atoms with van der Waals surface area (Å²) < 4.78 is 18.8. The van der Waals surface area contributed by atoms with Crippen molar-refractivity contribution in [2.45, 2.75) is 96.2 Å². The van der Waals surface area contributed by atoms with Crippen LogP contribution in [0.4, 0.5) is 11.4 Å². The third kappa shape index (κ3) is 6.06. The van der Waals surface area contributed by atoms with Crippen LogP contribution in [0.2, 0.25) is 0 Å². The summed E-state index contributed by atoms with van der Waals surface area (Å²) in [6.07, 6.45) is 7.71. The standard InChI is InChI=1S/C41H46N2O9/c1-4-7-36-51-34-21-30-29-16-13-26-20-28(44)18-19-39(26,2)37(29)32(45)22-40(30,3)41(34,52-36)33(46)23-50-35(47)17-12-24-8-5-6-9-31(24)43-42-27-14-10-25(11-15-27)38(48)49/h5-6,8-11,14-15,18-20,29-30,32,34,36-37,45H,4,7,12-13,16-17,21-23H2,1-3H3,(H,48,49)/t29-,30-,32-,34?,36?,37+,39-,40-,41+/m0/s1. The van der Waals surface area contributed by atoms with Crippen LogP contribution in [-0.4, -0.2) is 64.4 Å². The summed E-state index contributed by atoms with van der Waals surface area (Å²) in [5.74, 6) is -1.91. The predicted molar refractivity (Wildman–Crippen MR) is 189 cm³/mol. The normalized spacial score (nSPS) is 34.6. The summed E-state index contributed by atoms with van der Waals surface area (Å²) >= 11 is 0. The van der Waals surface area contributed by atoms with Crippen LogP contribution in [0.5, 0.6) is 0 Å². The van der Waals surface area contributed by atoms with Crippen LogP contribution >= 0.6 is 0 Å². The quantitative estimate of drug-likeness (QED) is 0.185. The molecule has 0 amide bonds. The molecular formula is C41H46N2O9. The van der Waals surface area contributed by atoms with Crippen LogP contribution in [0.15, 0.2) is 82.6 Å². The molecule has 11 nitrogen and oxygen atoms in total. The Bertz CT molecular complexity index is 1850. The monoisotopic (exact) mass is 710 g/mol. The maximum Gasteiger partial charge on any atom is 0.335 e. The number of carbonyl (C=O) groups is 4. The van der Waals surface area contributed by atoms with E-state index in [1.165, 1.54) is 12.1 Å². The second-order valence-electron chi connectivity index (χ2n) is 15.4. The van der Waals surface area contributed by atoms with E-state index in [9.17, 15) is 24.3 Å². The minimum absolute atomic E-state index is 0.00613. The van der Waals surface area contributed by atoms with E-state index in [2.05, 4.69) is 24.1 Å². The lowest BCUT2D eigenvalue weighted by Crippen LogP contribution is -2.63. The van der Waals surface area contributed by atoms with Gasteiger partial charge in [0.05, 0.1) is 29.1 Å². The van der Waals surface area contributed by atoms with Gasteiger partial charge < -0.3 is 24.4 Å². The van der Waals surface area contributed by atoms with Crippen molar-refractivity contribution in [3.63, 3.8) is 0 Å². The van der Waals surface area contributed by atoms with Crippen LogP contribution in [0.3, 0.4) is 0 Å². The van der Waals surface area contributed by atoms with Gasteiger partial charge in [-0.2, -0.15) is 10.2 Å². The molecule has 2 N–H and O–H groups in total. The van der Waals surface area contributed by atoms with Gasteiger partial charge >= 0.3 is 11.9 Å². The number of aliphatic hydroxyl groups is 1. The van der Waals surface area contributed by atoms with Gasteiger partial charge in [-0.1, -0.05) is 57.0 Å². The molecule has 4 aliphatic carbocycles. The number of ether oxygens (including phenoxy) is 3. The van der Waals surface area contributed by atoms with Crippen molar-refractivity contribution >= 4 is 34.9 Å². The zero-order valence-corrected chi connectivity index (χ0v) is 29.8. The Morgan fingerprint density at radius 1 is 1.06 bits per heavy atom. The van der Waals surface area contributed by atoms with Crippen LogP contribution < -0.4 is 0 Å². The van der Waals surface area contributed by atoms with E-state index in [1.54, 1.807) is 30.4 Å². The number of aromatic carboxylic acids is 1. The third-order valence-corrected chi connectivity index (χ3v) is 12.6. The number of azo groups is 1. The minimum atomic E-state index is -1.37. The second kappa shape index (κ2) is 13.9. The van der Waals surface area contributed by atoms with Crippen molar-refractivity contribution in [2.24, 2.45) is 38.8 Å². The number of carboxylic acids is 1. The molecule has 3 saturated carbocycles. The first-order chi connectivity index (χ1) is 24.9. The van der Waals surface area contributed by atoms with Gasteiger partial charge in [0.25, 0.3) is 0 Å². The van der Waals surface area contributed by atoms with Crippen molar-refractivity contribution in [3.8, 4) is 0 Å². The molecule has 274 valence electrons. The largest absolute Gasteiger partial charge is 0.478 e. The molecule has 0 spiro atoms. The van der Waals surface area contributed by atoms with E-state index >= 15 is 0 Å². The van der Waals surface area contributed by atoms with Gasteiger partial charge in [0.15, 0.2) is 24.3 Å². The molecule has 1 heterocycles. The van der Waals surface area contributed by atoms with Gasteiger partial charge in [-0.3, -0.25) is 14.4 Å². The summed E-state index contributed by atoms with van der Waals surface area (Å²) in [6, 6.07) is 13.3. The van der Waals surface area contributed by atoms with E-state index < -0.39 is 53.5 Å². The molecule has 2 unspecified atom stereocenters. The number of esters is 1. The number of allylic oxidation sites excluding steroid dienone is 4. The lowest BCUT2D eigenvalue weighted by molar-refractivity contribution is -0.201. The highest BCUT2D eigenvalue weighted by molar-refractivity contribution is 6.01. The first-order valence-electron chi connectivity index (χ1n) is 18.4. The minimum Gasteiger partial charge on any atom is -0.478 e. The SMILES string of the molecule is CCCC1OC2C[C@H]3[C@@H]4CCC5=CC(=O)C=C[C@]5(C)[C@H]4[C@@H](O)C[C@]3(C)[C@]2(C(=O)COC(=O)CCc2ccccc2N=Nc2ccc(C(=O)O)cc2)O1. The van der Waals surface area contributed by atoms with E-state index in [-0.39, 0.29) is 41.3 Å². The molecule has 1 saturated heterocycles. The molecular weight excluding hydrogens is 664 g/mol.